The van der Waals surface area contributed by atoms with Crippen LogP contribution in [0.5, 0.6) is 0 Å². The molecule has 3 aliphatic rings. The van der Waals surface area contributed by atoms with Crippen molar-refractivity contribution in [2.75, 3.05) is 82.5 Å². The monoisotopic (exact) mass is 766 g/mol. The van der Waals surface area contributed by atoms with E-state index in [0.29, 0.717) is 72.8 Å². The Balaban J connectivity index is 1.49. The van der Waals surface area contributed by atoms with E-state index in [1.165, 1.54) is 0 Å². The number of ether oxygens (including phenoxy) is 4. The van der Waals surface area contributed by atoms with Gasteiger partial charge in [-0.25, -0.2) is 9.59 Å². The highest BCUT2D eigenvalue weighted by atomic mass is 127. The Morgan fingerprint density at radius 3 is 2.22 bits per heavy atom. The van der Waals surface area contributed by atoms with Crippen LogP contribution in [0.15, 0.2) is 45.6 Å². The van der Waals surface area contributed by atoms with Crippen molar-refractivity contribution in [3.63, 3.8) is 0 Å². The predicted molar refractivity (Wildman–Crippen MR) is 187 cm³/mol. The average Bonchev–Trinajstić information content (AvgIpc) is 3.06. The maximum absolute atomic E-state index is 14.2. The molecule has 0 saturated carbocycles. The van der Waals surface area contributed by atoms with E-state index >= 15 is 0 Å². The van der Waals surface area contributed by atoms with Crippen LogP contribution in [0.2, 0.25) is 0 Å². The summed E-state index contributed by atoms with van der Waals surface area (Å²) in [6.45, 7) is 15.4. The molecule has 0 radical (unpaired) electrons. The molecule has 4 rings (SSSR count). The number of morpholine rings is 2. The van der Waals surface area contributed by atoms with Gasteiger partial charge in [0.2, 0.25) is 0 Å². The number of rotatable bonds is 14. The number of nitrogens with zero attached hydrogens (tertiary/aromatic N) is 3. The van der Waals surface area contributed by atoms with Crippen LogP contribution in [-0.4, -0.2) is 110 Å². The minimum Gasteiger partial charge on any atom is -0.461 e. The number of allylic oxidation sites excluding steroid dienone is 2. The Morgan fingerprint density at radius 1 is 1.04 bits per heavy atom. The summed E-state index contributed by atoms with van der Waals surface area (Å²) in [5, 5.41) is 12.8. The van der Waals surface area contributed by atoms with E-state index in [0.717, 1.165) is 48.0 Å². The van der Waals surface area contributed by atoms with E-state index in [4.69, 9.17) is 18.9 Å². The van der Waals surface area contributed by atoms with E-state index in [9.17, 15) is 14.9 Å². The lowest BCUT2D eigenvalue weighted by Crippen LogP contribution is -2.49. The topological polar surface area (TPSA) is 113 Å². The van der Waals surface area contributed by atoms with Crippen LogP contribution in [0.3, 0.4) is 0 Å². The van der Waals surface area contributed by atoms with Gasteiger partial charge in [0.1, 0.15) is 12.7 Å². The number of benzene rings is 1. The highest BCUT2D eigenvalue weighted by Gasteiger charge is 2.39. The van der Waals surface area contributed by atoms with Crippen molar-refractivity contribution in [3.05, 3.63) is 51.9 Å². The third-order valence-electron chi connectivity index (χ3n) is 8.33. The number of carbonyl (C=O) groups is 2. The SMILES string of the molecule is CCC1C(C(=O)OC(CN2CCOCC2)CN2CCOCC2)=C(CI)NC(C(C)C)=C1C(=O)OCCSc1cc(C)cc(C#N)c1. The number of aryl methyl sites for hydroxylation is 1. The largest absolute Gasteiger partial charge is 0.461 e. The minimum atomic E-state index is -0.446. The number of hydrogen-bond donors (Lipinski definition) is 1. The summed E-state index contributed by atoms with van der Waals surface area (Å²) in [6.07, 6.45) is 0.217. The van der Waals surface area contributed by atoms with Crippen LogP contribution >= 0.6 is 34.4 Å². The van der Waals surface area contributed by atoms with Gasteiger partial charge in [-0.2, -0.15) is 5.26 Å². The summed E-state index contributed by atoms with van der Waals surface area (Å²) in [5.41, 5.74) is 4.22. The number of alkyl halides is 1. The van der Waals surface area contributed by atoms with Crippen LogP contribution in [0.1, 0.15) is 38.3 Å². The molecule has 0 bridgehead atoms. The van der Waals surface area contributed by atoms with E-state index in [1.807, 2.05) is 45.9 Å². The Morgan fingerprint density at radius 2 is 1.67 bits per heavy atom. The lowest BCUT2D eigenvalue weighted by atomic mass is 9.81. The molecule has 12 heteroatoms. The summed E-state index contributed by atoms with van der Waals surface area (Å²) in [5.74, 6) is -0.675. The third kappa shape index (κ3) is 10.2. The van der Waals surface area contributed by atoms with Crippen molar-refractivity contribution in [2.45, 2.75) is 45.1 Å². The number of nitriles is 1. The van der Waals surface area contributed by atoms with Crippen molar-refractivity contribution in [1.29, 1.82) is 5.26 Å². The lowest BCUT2D eigenvalue weighted by Gasteiger charge is -2.36. The molecule has 46 heavy (non-hydrogen) atoms. The quantitative estimate of drug-likeness (QED) is 0.0962. The number of halogens is 1. The Bertz CT molecular complexity index is 1300. The molecule has 3 heterocycles. The van der Waals surface area contributed by atoms with Crippen LogP contribution in [0, 0.1) is 30.1 Å². The smallest absolute Gasteiger partial charge is 0.336 e. The van der Waals surface area contributed by atoms with E-state index in [1.54, 1.807) is 11.8 Å². The first-order chi connectivity index (χ1) is 22.2. The fraction of sp³-hybridized carbons (Fsp3) is 0.618. The zero-order valence-electron chi connectivity index (χ0n) is 27.4. The third-order valence-corrected chi connectivity index (χ3v) is 10.0. The number of thioether (sulfide) groups is 1. The standard InChI is InChI=1S/C34H47IN4O6S/c1-5-28-30(34(41)45-26(21-38-6-10-42-11-7-38)22-39-8-12-43-13-9-39)29(19-35)37-32(23(2)3)31(28)33(40)44-14-15-46-27-17-24(4)16-25(18-27)20-36/h16-18,23,26,28,37H,5-15,19,21-22H2,1-4H3. The minimum absolute atomic E-state index is 0.0218. The summed E-state index contributed by atoms with van der Waals surface area (Å²) in [6, 6.07) is 7.90. The fourth-order valence-electron chi connectivity index (χ4n) is 6.08. The Hall–Kier alpha value is -2.15. The van der Waals surface area contributed by atoms with E-state index in [2.05, 4.69) is 43.8 Å². The number of esters is 2. The Kier molecular flexibility index (Phi) is 14.7. The van der Waals surface area contributed by atoms with Gasteiger partial charge >= 0.3 is 11.9 Å². The Labute approximate surface area is 291 Å². The van der Waals surface area contributed by atoms with Crippen molar-refractivity contribution in [1.82, 2.24) is 15.1 Å². The molecular weight excluding hydrogens is 719 g/mol. The zero-order valence-corrected chi connectivity index (χ0v) is 30.4. The van der Waals surface area contributed by atoms with Crippen molar-refractivity contribution < 1.29 is 28.5 Å². The summed E-state index contributed by atoms with van der Waals surface area (Å²) >= 11 is 3.81. The van der Waals surface area contributed by atoms with Crippen LogP contribution in [-0.2, 0) is 28.5 Å². The molecule has 1 unspecified atom stereocenters. The van der Waals surface area contributed by atoms with Gasteiger partial charge in [-0.15, -0.1) is 11.8 Å². The molecule has 2 saturated heterocycles. The molecular formula is C34H47IN4O6S. The van der Waals surface area contributed by atoms with Gasteiger partial charge in [0.25, 0.3) is 0 Å². The first kappa shape index (κ1) is 36.7. The second-order valence-electron chi connectivity index (χ2n) is 12.1. The van der Waals surface area contributed by atoms with Gasteiger partial charge < -0.3 is 24.3 Å². The molecule has 0 spiro atoms. The molecule has 1 aromatic rings. The maximum atomic E-state index is 14.2. The van der Waals surface area contributed by atoms with Gasteiger partial charge in [-0.3, -0.25) is 9.80 Å². The number of nitrogens with one attached hydrogen (secondary N) is 1. The molecule has 1 aromatic carbocycles. The fourth-order valence-corrected chi connectivity index (χ4v) is 7.57. The molecule has 252 valence electrons. The molecule has 0 aromatic heterocycles. The second-order valence-corrected chi connectivity index (χ2v) is 14.0. The van der Waals surface area contributed by atoms with Crippen LogP contribution in [0.25, 0.3) is 0 Å². The first-order valence-electron chi connectivity index (χ1n) is 16.2. The number of dihydropyridines is 1. The van der Waals surface area contributed by atoms with Crippen LogP contribution in [0.4, 0.5) is 0 Å². The van der Waals surface area contributed by atoms with Gasteiger partial charge in [-0.05, 0) is 43.0 Å². The summed E-state index contributed by atoms with van der Waals surface area (Å²) in [7, 11) is 0. The highest BCUT2D eigenvalue weighted by molar-refractivity contribution is 14.1. The second kappa shape index (κ2) is 18.4. The number of carbonyl (C=O) groups excluding carboxylic acids is 2. The zero-order chi connectivity index (χ0) is 33.1. The molecule has 3 aliphatic heterocycles. The van der Waals surface area contributed by atoms with Crippen LogP contribution < -0.4 is 5.32 Å². The lowest BCUT2D eigenvalue weighted by molar-refractivity contribution is -0.148. The summed E-state index contributed by atoms with van der Waals surface area (Å²) < 4.78 is 23.9. The normalized spacial score (nSPS) is 19.7. The van der Waals surface area contributed by atoms with Gasteiger partial charge in [0.15, 0.2) is 0 Å². The molecule has 2 fully saturated rings. The highest BCUT2D eigenvalue weighted by Crippen LogP contribution is 2.37. The molecule has 0 aliphatic carbocycles. The molecule has 1 atom stereocenters. The van der Waals surface area contributed by atoms with Crippen molar-refractivity contribution in [2.24, 2.45) is 11.8 Å². The maximum Gasteiger partial charge on any atom is 0.336 e. The molecule has 0 amide bonds. The summed E-state index contributed by atoms with van der Waals surface area (Å²) in [4.78, 5) is 33.5. The van der Waals surface area contributed by atoms with Gasteiger partial charge in [0, 0.05) is 71.7 Å². The van der Waals surface area contributed by atoms with Gasteiger partial charge in [-0.1, -0.05) is 43.4 Å². The molecule has 10 nitrogen and oxygen atoms in total. The predicted octanol–water partition coefficient (Wildman–Crippen LogP) is 4.31. The van der Waals surface area contributed by atoms with Crippen molar-refractivity contribution >= 4 is 46.3 Å². The average molecular weight is 767 g/mol. The first-order valence-corrected chi connectivity index (χ1v) is 18.7. The van der Waals surface area contributed by atoms with Gasteiger partial charge in [0.05, 0.1) is 49.2 Å². The van der Waals surface area contributed by atoms with Crippen molar-refractivity contribution in [3.8, 4) is 6.07 Å². The van der Waals surface area contributed by atoms with E-state index < -0.39 is 11.9 Å². The molecule has 1 N–H and O–H groups in total. The van der Waals surface area contributed by atoms with E-state index in [-0.39, 0.29) is 24.6 Å². The number of hydrogen-bond acceptors (Lipinski definition) is 11.